The first-order chi connectivity index (χ1) is 16.6. The molecular weight excluding hydrogens is 464 g/mol. The molecular formula is C27H26N2O3S2. The molecule has 0 fully saturated rings. The first-order valence-electron chi connectivity index (χ1n) is 10.9. The second-order valence-electron chi connectivity index (χ2n) is 7.61. The van der Waals surface area contributed by atoms with Crippen LogP contribution in [0.2, 0.25) is 0 Å². The Morgan fingerprint density at radius 1 is 1.06 bits per heavy atom. The summed E-state index contributed by atoms with van der Waals surface area (Å²) < 4.78 is 11.5. The summed E-state index contributed by atoms with van der Waals surface area (Å²) in [5.41, 5.74) is 2.64. The van der Waals surface area contributed by atoms with Gasteiger partial charge in [0.25, 0.3) is 5.91 Å². The molecule has 1 unspecified atom stereocenters. The lowest BCUT2D eigenvalue weighted by Gasteiger charge is -2.18. The van der Waals surface area contributed by atoms with E-state index in [1.54, 1.807) is 42.6 Å². The van der Waals surface area contributed by atoms with Crippen molar-refractivity contribution in [3.8, 4) is 11.5 Å². The van der Waals surface area contributed by atoms with E-state index in [-0.39, 0.29) is 11.9 Å². The standard InChI is InChI=1S/C27H26N2O3S2/c1-19(21-9-10-24(25(16-21)31-2)32-17-20-11-13-28-14-12-20)29-27(30)23-7-3-4-8-26(23)34-18-22-6-5-15-33-22/h3-16,19H,17-18H2,1-2H3,(H,29,30). The summed E-state index contributed by atoms with van der Waals surface area (Å²) in [7, 11) is 1.61. The van der Waals surface area contributed by atoms with Crippen LogP contribution in [0.1, 0.15) is 39.3 Å². The molecule has 0 saturated carbocycles. The molecule has 1 amide bonds. The second kappa shape index (κ2) is 11.7. The van der Waals surface area contributed by atoms with Crippen LogP contribution in [-0.2, 0) is 12.4 Å². The molecule has 0 aliphatic rings. The van der Waals surface area contributed by atoms with Crippen molar-refractivity contribution in [2.45, 2.75) is 30.2 Å². The highest BCUT2D eigenvalue weighted by atomic mass is 32.2. The molecule has 0 spiro atoms. The third kappa shape index (κ3) is 6.18. The third-order valence-electron chi connectivity index (χ3n) is 5.26. The molecule has 4 aromatic rings. The van der Waals surface area contributed by atoms with Gasteiger partial charge in [-0.15, -0.1) is 23.1 Å². The van der Waals surface area contributed by atoms with Crippen LogP contribution < -0.4 is 14.8 Å². The molecule has 0 aliphatic carbocycles. The van der Waals surface area contributed by atoms with E-state index in [4.69, 9.17) is 9.47 Å². The van der Waals surface area contributed by atoms with Gasteiger partial charge in [-0.3, -0.25) is 9.78 Å². The number of pyridine rings is 1. The molecule has 1 atom stereocenters. The van der Waals surface area contributed by atoms with E-state index in [0.29, 0.717) is 23.7 Å². The lowest BCUT2D eigenvalue weighted by Crippen LogP contribution is -2.27. The molecule has 4 rings (SSSR count). The van der Waals surface area contributed by atoms with Gasteiger partial charge < -0.3 is 14.8 Å². The molecule has 0 aliphatic heterocycles. The van der Waals surface area contributed by atoms with Gasteiger partial charge in [-0.1, -0.05) is 24.3 Å². The summed E-state index contributed by atoms with van der Waals surface area (Å²) in [4.78, 5) is 19.4. The van der Waals surface area contributed by atoms with Gasteiger partial charge in [0.05, 0.1) is 18.7 Å². The van der Waals surface area contributed by atoms with Crippen LogP contribution in [0.3, 0.4) is 0 Å². The molecule has 5 nitrogen and oxygen atoms in total. The Morgan fingerprint density at radius 3 is 2.65 bits per heavy atom. The molecule has 34 heavy (non-hydrogen) atoms. The lowest BCUT2D eigenvalue weighted by molar-refractivity contribution is 0.0937. The van der Waals surface area contributed by atoms with Crippen molar-refractivity contribution in [2.75, 3.05) is 7.11 Å². The van der Waals surface area contributed by atoms with Crippen LogP contribution in [0.25, 0.3) is 0 Å². The topological polar surface area (TPSA) is 60.5 Å². The van der Waals surface area contributed by atoms with E-state index in [2.05, 4.69) is 21.7 Å². The Labute approximate surface area is 208 Å². The van der Waals surface area contributed by atoms with Gasteiger partial charge >= 0.3 is 0 Å². The van der Waals surface area contributed by atoms with Crippen LogP contribution in [0, 0.1) is 0 Å². The van der Waals surface area contributed by atoms with Gasteiger partial charge in [0, 0.05) is 27.9 Å². The zero-order valence-corrected chi connectivity index (χ0v) is 20.7. The number of nitrogens with one attached hydrogen (secondary N) is 1. The highest BCUT2D eigenvalue weighted by molar-refractivity contribution is 7.98. The Balaban J connectivity index is 1.42. The SMILES string of the molecule is COc1cc(C(C)NC(=O)c2ccccc2SCc2cccs2)ccc1OCc1ccncc1. The lowest BCUT2D eigenvalue weighted by atomic mass is 10.1. The zero-order valence-electron chi connectivity index (χ0n) is 19.1. The number of thioether (sulfide) groups is 1. The maximum atomic E-state index is 13.1. The number of rotatable bonds is 10. The Bertz CT molecular complexity index is 1210. The van der Waals surface area contributed by atoms with Crippen LogP contribution in [0.15, 0.2) is 89.4 Å². The summed E-state index contributed by atoms with van der Waals surface area (Å²) in [6.45, 7) is 2.38. The molecule has 174 valence electrons. The molecule has 2 heterocycles. The Hall–Kier alpha value is -3.29. The normalized spacial score (nSPS) is 11.6. The summed E-state index contributed by atoms with van der Waals surface area (Å²) in [5, 5.41) is 5.19. The van der Waals surface area contributed by atoms with Crippen LogP contribution in [0.4, 0.5) is 0 Å². The average molecular weight is 491 g/mol. The van der Waals surface area contributed by atoms with Gasteiger partial charge in [0.2, 0.25) is 0 Å². The fraction of sp³-hybridized carbons (Fsp3) is 0.185. The summed E-state index contributed by atoms with van der Waals surface area (Å²) in [5.74, 6) is 2.02. The van der Waals surface area contributed by atoms with E-state index in [1.165, 1.54) is 4.88 Å². The number of benzene rings is 2. The minimum atomic E-state index is -0.203. The molecule has 0 bridgehead atoms. The molecule has 0 saturated heterocycles. The van der Waals surface area contributed by atoms with Gasteiger partial charge in [-0.05, 0) is 65.9 Å². The number of methoxy groups -OCH3 is 1. The molecule has 7 heteroatoms. The molecule has 0 radical (unpaired) electrons. The fourth-order valence-electron chi connectivity index (χ4n) is 3.39. The maximum absolute atomic E-state index is 13.1. The smallest absolute Gasteiger partial charge is 0.252 e. The molecule has 2 aromatic heterocycles. The first kappa shape index (κ1) is 23.9. The summed E-state index contributed by atoms with van der Waals surface area (Å²) in [6, 6.07) is 21.2. The predicted octanol–water partition coefficient (Wildman–Crippen LogP) is 6.51. The number of carbonyl (C=O) groups excluding carboxylic acids is 1. The number of hydrogen-bond acceptors (Lipinski definition) is 6. The third-order valence-corrected chi connectivity index (χ3v) is 7.44. The zero-order chi connectivity index (χ0) is 23.8. The second-order valence-corrected chi connectivity index (χ2v) is 9.66. The Morgan fingerprint density at radius 2 is 1.88 bits per heavy atom. The summed E-state index contributed by atoms with van der Waals surface area (Å²) in [6.07, 6.45) is 3.48. The van der Waals surface area contributed by atoms with E-state index in [0.717, 1.165) is 21.8 Å². The van der Waals surface area contributed by atoms with E-state index in [9.17, 15) is 4.79 Å². The predicted molar refractivity (Wildman–Crippen MR) is 138 cm³/mol. The monoisotopic (exact) mass is 490 g/mol. The number of hydrogen-bond donors (Lipinski definition) is 1. The number of nitrogens with zero attached hydrogens (tertiary/aromatic N) is 1. The highest BCUT2D eigenvalue weighted by Crippen LogP contribution is 2.32. The minimum Gasteiger partial charge on any atom is -0.493 e. The number of ether oxygens (including phenoxy) is 2. The van der Waals surface area contributed by atoms with Gasteiger partial charge in [0.1, 0.15) is 6.61 Å². The van der Waals surface area contributed by atoms with Crippen LogP contribution in [-0.4, -0.2) is 18.0 Å². The number of carbonyl (C=O) groups is 1. The van der Waals surface area contributed by atoms with Crippen LogP contribution >= 0.6 is 23.1 Å². The Kier molecular flexibility index (Phi) is 8.22. The fourth-order valence-corrected chi connectivity index (χ4v) is 5.22. The number of amides is 1. The number of thiophene rings is 1. The van der Waals surface area contributed by atoms with E-state index < -0.39 is 0 Å². The van der Waals surface area contributed by atoms with Gasteiger partial charge in [0.15, 0.2) is 11.5 Å². The average Bonchev–Trinajstić information content (AvgIpc) is 3.40. The van der Waals surface area contributed by atoms with E-state index in [1.807, 2.05) is 67.6 Å². The summed E-state index contributed by atoms with van der Waals surface area (Å²) >= 11 is 3.40. The van der Waals surface area contributed by atoms with Crippen molar-refractivity contribution >= 4 is 29.0 Å². The highest BCUT2D eigenvalue weighted by Gasteiger charge is 2.17. The minimum absolute atomic E-state index is 0.0984. The molecule has 2 aromatic carbocycles. The molecule has 1 N–H and O–H groups in total. The van der Waals surface area contributed by atoms with Crippen molar-refractivity contribution in [1.29, 1.82) is 0 Å². The van der Waals surface area contributed by atoms with E-state index >= 15 is 0 Å². The van der Waals surface area contributed by atoms with Crippen LogP contribution in [0.5, 0.6) is 11.5 Å². The van der Waals surface area contributed by atoms with Gasteiger partial charge in [-0.25, -0.2) is 0 Å². The van der Waals surface area contributed by atoms with Crippen molar-refractivity contribution in [3.05, 3.63) is 106 Å². The first-order valence-corrected chi connectivity index (χ1v) is 12.8. The quantitative estimate of drug-likeness (QED) is 0.257. The largest absolute Gasteiger partial charge is 0.493 e. The van der Waals surface area contributed by atoms with Crippen molar-refractivity contribution in [2.24, 2.45) is 0 Å². The van der Waals surface area contributed by atoms with Crippen molar-refractivity contribution < 1.29 is 14.3 Å². The number of aromatic nitrogens is 1. The van der Waals surface area contributed by atoms with Crippen molar-refractivity contribution in [1.82, 2.24) is 10.3 Å². The van der Waals surface area contributed by atoms with Gasteiger partial charge in [-0.2, -0.15) is 0 Å². The maximum Gasteiger partial charge on any atom is 0.252 e. The van der Waals surface area contributed by atoms with Crippen molar-refractivity contribution in [3.63, 3.8) is 0 Å².